The SMILES string of the molecule is Cc1cc(NCc2nnc(COc3ccccc3)o2)ccc1Br. The van der Waals surface area contributed by atoms with Crippen molar-refractivity contribution in [2.75, 3.05) is 5.32 Å². The number of anilines is 1. The topological polar surface area (TPSA) is 60.2 Å². The van der Waals surface area contributed by atoms with Crippen LogP contribution in [0.4, 0.5) is 5.69 Å². The number of hydrogen-bond donors (Lipinski definition) is 1. The second-order valence-corrected chi connectivity index (χ2v) is 5.86. The van der Waals surface area contributed by atoms with Crippen molar-refractivity contribution < 1.29 is 9.15 Å². The molecule has 0 aliphatic carbocycles. The molecule has 2 aromatic carbocycles. The zero-order valence-corrected chi connectivity index (χ0v) is 14.2. The molecular weight excluding hydrogens is 358 g/mol. The van der Waals surface area contributed by atoms with Crippen molar-refractivity contribution in [2.45, 2.75) is 20.1 Å². The predicted octanol–water partition coefficient (Wildman–Crippen LogP) is 4.33. The molecular formula is C17H16BrN3O2. The van der Waals surface area contributed by atoms with E-state index in [9.17, 15) is 0 Å². The van der Waals surface area contributed by atoms with Crippen LogP contribution in [0.2, 0.25) is 0 Å². The van der Waals surface area contributed by atoms with E-state index in [0.717, 1.165) is 21.5 Å². The van der Waals surface area contributed by atoms with Gasteiger partial charge in [-0.05, 0) is 42.8 Å². The number of hydrogen-bond acceptors (Lipinski definition) is 5. The second-order valence-electron chi connectivity index (χ2n) is 5.01. The smallest absolute Gasteiger partial charge is 0.253 e. The fourth-order valence-electron chi connectivity index (χ4n) is 2.01. The second kappa shape index (κ2) is 7.28. The van der Waals surface area contributed by atoms with E-state index < -0.39 is 0 Å². The molecule has 118 valence electrons. The lowest BCUT2D eigenvalue weighted by molar-refractivity contribution is 0.259. The van der Waals surface area contributed by atoms with Crippen molar-refractivity contribution in [1.82, 2.24) is 10.2 Å². The van der Waals surface area contributed by atoms with Gasteiger partial charge in [0.15, 0.2) is 6.61 Å². The average Bonchev–Trinajstić information content (AvgIpc) is 3.03. The van der Waals surface area contributed by atoms with E-state index in [0.29, 0.717) is 18.3 Å². The third-order valence-electron chi connectivity index (χ3n) is 3.22. The number of ether oxygens (including phenoxy) is 1. The highest BCUT2D eigenvalue weighted by Crippen LogP contribution is 2.20. The summed E-state index contributed by atoms with van der Waals surface area (Å²) in [5.74, 6) is 1.76. The number of halogens is 1. The lowest BCUT2D eigenvalue weighted by atomic mass is 10.2. The first-order valence-corrected chi connectivity index (χ1v) is 7.99. The fraction of sp³-hybridized carbons (Fsp3) is 0.176. The largest absolute Gasteiger partial charge is 0.484 e. The molecule has 0 unspecified atom stereocenters. The highest BCUT2D eigenvalue weighted by Gasteiger charge is 2.07. The van der Waals surface area contributed by atoms with Crippen LogP contribution >= 0.6 is 15.9 Å². The Morgan fingerprint density at radius 1 is 1.09 bits per heavy atom. The molecule has 1 aromatic heterocycles. The van der Waals surface area contributed by atoms with E-state index >= 15 is 0 Å². The van der Waals surface area contributed by atoms with Crippen molar-refractivity contribution in [3.8, 4) is 5.75 Å². The van der Waals surface area contributed by atoms with Gasteiger partial charge in [-0.3, -0.25) is 0 Å². The monoisotopic (exact) mass is 373 g/mol. The first kappa shape index (κ1) is 15.6. The van der Waals surface area contributed by atoms with Gasteiger partial charge in [-0.2, -0.15) is 0 Å². The Balaban J connectivity index is 1.53. The highest BCUT2D eigenvalue weighted by molar-refractivity contribution is 9.10. The minimum absolute atomic E-state index is 0.258. The summed E-state index contributed by atoms with van der Waals surface area (Å²) in [4.78, 5) is 0. The summed E-state index contributed by atoms with van der Waals surface area (Å²) >= 11 is 3.48. The van der Waals surface area contributed by atoms with E-state index in [2.05, 4.69) is 37.5 Å². The van der Waals surface area contributed by atoms with Gasteiger partial charge in [-0.1, -0.05) is 34.1 Å². The molecule has 1 heterocycles. The van der Waals surface area contributed by atoms with Crippen LogP contribution < -0.4 is 10.1 Å². The van der Waals surface area contributed by atoms with Crippen LogP contribution in [0.15, 0.2) is 57.4 Å². The Kier molecular flexibility index (Phi) is 4.92. The van der Waals surface area contributed by atoms with Gasteiger partial charge in [0.1, 0.15) is 5.75 Å². The summed E-state index contributed by atoms with van der Waals surface area (Å²) in [6.45, 7) is 2.77. The van der Waals surface area contributed by atoms with Crippen molar-refractivity contribution >= 4 is 21.6 Å². The number of nitrogens with one attached hydrogen (secondary N) is 1. The molecule has 0 bridgehead atoms. The molecule has 6 heteroatoms. The molecule has 0 aliphatic heterocycles. The lowest BCUT2D eigenvalue weighted by Crippen LogP contribution is -2.00. The van der Waals surface area contributed by atoms with E-state index in [4.69, 9.17) is 9.15 Å². The van der Waals surface area contributed by atoms with Crippen molar-refractivity contribution in [2.24, 2.45) is 0 Å². The van der Waals surface area contributed by atoms with E-state index in [1.165, 1.54) is 0 Å². The molecule has 0 spiro atoms. The van der Waals surface area contributed by atoms with Gasteiger partial charge in [0, 0.05) is 10.2 Å². The molecule has 0 atom stereocenters. The molecule has 0 aliphatic rings. The summed E-state index contributed by atoms with van der Waals surface area (Å²) in [5.41, 5.74) is 2.17. The maximum atomic E-state index is 5.58. The maximum Gasteiger partial charge on any atom is 0.253 e. The van der Waals surface area contributed by atoms with Crippen LogP contribution in [0, 0.1) is 6.92 Å². The average molecular weight is 374 g/mol. The number of rotatable bonds is 6. The molecule has 0 amide bonds. The van der Waals surface area contributed by atoms with Crippen molar-refractivity contribution in [3.05, 3.63) is 70.3 Å². The number of aryl methyl sites for hydroxylation is 1. The number of nitrogens with zero attached hydrogens (tertiary/aromatic N) is 2. The normalized spacial score (nSPS) is 10.5. The Bertz CT molecular complexity index is 775. The van der Waals surface area contributed by atoms with Crippen LogP contribution in [0.25, 0.3) is 0 Å². The van der Waals surface area contributed by atoms with Gasteiger partial charge < -0.3 is 14.5 Å². The van der Waals surface area contributed by atoms with E-state index in [1.807, 2.05) is 49.4 Å². The van der Waals surface area contributed by atoms with Crippen LogP contribution in [-0.2, 0) is 13.2 Å². The molecule has 3 rings (SSSR count). The molecule has 1 N–H and O–H groups in total. The van der Waals surface area contributed by atoms with Gasteiger partial charge in [0.2, 0.25) is 5.89 Å². The van der Waals surface area contributed by atoms with E-state index in [1.54, 1.807) is 0 Å². The Labute approximate surface area is 142 Å². The van der Waals surface area contributed by atoms with E-state index in [-0.39, 0.29) is 6.61 Å². The standard InChI is InChI=1S/C17H16BrN3O2/c1-12-9-13(7-8-15(12)18)19-10-16-20-21-17(23-16)11-22-14-5-3-2-4-6-14/h2-9,19H,10-11H2,1H3. The van der Waals surface area contributed by atoms with Gasteiger partial charge in [-0.25, -0.2) is 0 Å². The number of aromatic nitrogens is 2. The lowest BCUT2D eigenvalue weighted by Gasteiger charge is -2.05. The molecule has 0 saturated carbocycles. The number of para-hydroxylation sites is 1. The van der Waals surface area contributed by atoms with Crippen LogP contribution in [0.5, 0.6) is 5.75 Å². The third kappa shape index (κ3) is 4.32. The first-order chi connectivity index (χ1) is 11.2. The highest BCUT2D eigenvalue weighted by atomic mass is 79.9. The summed E-state index contributed by atoms with van der Waals surface area (Å²) in [6, 6.07) is 15.6. The predicted molar refractivity (Wildman–Crippen MR) is 91.3 cm³/mol. The molecule has 0 fully saturated rings. The summed E-state index contributed by atoms with van der Waals surface area (Å²) in [6.07, 6.45) is 0. The minimum Gasteiger partial charge on any atom is -0.484 e. The van der Waals surface area contributed by atoms with Gasteiger partial charge >= 0.3 is 0 Å². The minimum atomic E-state index is 0.258. The molecule has 0 saturated heterocycles. The maximum absolute atomic E-state index is 5.58. The van der Waals surface area contributed by atoms with Crippen LogP contribution in [0.3, 0.4) is 0 Å². The quantitative estimate of drug-likeness (QED) is 0.696. The number of benzene rings is 2. The molecule has 0 radical (unpaired) electrons. The first-order valence-electron chi connectivity index (χ1n) is 7.20. The summed E-state index contributed by atoms with van der Waals surface area (Å²) in [7, 11) is 0. The Morgan fingerprint density at radius 2 is 1.87 bits per heavy atom. The Morgan fingerprint density at radius 3 is 2.65 bits per heavy atom. The van der Waals surface area contributed by atoms with Crippen LogP contribution in [0.1, 0.15) is 17.3 Å². The fourth-order valence-corrected chi connectivity index (χ4v) is 2.26. The van der Waals surface area contributed by atoms with Gasteiger partial charge in [0.25, 0.3) is 5.89 Å². The third-order valence-corrected chi connectivity index (χ3v) is 4.11. The summed E-state index contributed by atoms with van der Waals surface area (Å²) < 4.78 is 12.2. The van der Waals surface area contributed by atoms with Crippen LogP contribution in [-0.4, -0.2) is 10.2 Å². The van der Waals surface area contributed by atoms with Crippen molar-refractivity contribution in [1.29, 1.82) is 0 Å². The molecule has 23 heavy (non-hydrogen) atoms. The Hall–Kier alpha value is -2.34. The van der Waals surface area contributed by atoms with Gasteiger partial charge in [0.05, 0.1) is 6.54 Å². The zero-order valence-electron chi connectivity index (χ0n) is 12.6. The molecule has 5 nitrogen and oxygen atoms in total. The van der Waals surface area contributed by atoms with Gasteiger partial charge in [-0.15, -0.1) is 10.2 Å². The summed E-state index contributed by atoms with van der Waals surface area (Å²) in [5, 5.41) is 11.3. The zero-order chi connectivity index (χ0) is 16.1. The van der Waals surface area contributed by atoms with Crippen molar-refractivity contribution in [3.63, 3.8) is 0 Å². The molecule has 3 aromatic rings.